The van der Waals surface area contributed by atoms with Crippen molar-refractivity contribution < 1.29 is 8.42 Å². The number of sulfonamides is 1. The average molecular weight is 299 g/mol. The Hall–Kier alpha value is -1.27. The van der Waals surface area contributed by atoms with Gasteiger partial charge in [0.15, 0.2) is 0 Å². The maximum absolute atomic E-state index is 12.1. The summed E-state index contributed by atoms with van der Waals surface area (Å²) < 4.78 is 25.3. The van der Waals surface area contributed by atoms with E-state index in [1.165, 1.54) is 43.7 Å². The van der Waals surface area contributed by atoms with Gasteiger partial charge < -0.3 is 11.1 Å². The Morgan fingerprint density at radius 2 is 1.90 bits per heavy atom. The highest BCUT2D eigenvalue weighted by molar-refractivity contribution is 7.89. The van der Waals surface area contributed by atoms with Crippen LogP contribution in [0.25, 0.3) is 0 Å². The van der Waals surface area contributed by atoms with Gasteiger partial charge in [0.2, 0.25) is 10.0 Å². The first-order chi connectivity index (χ1) is 9.39. The van der Waals surface area contributed by atoms with E-state index in [0.29, 0.717) is 11.4 Å². The van der Waals surface area contributed by atoms with Crippen molar-refractivity contribution >= 4 is 21.4 Å². The highest BCUT2D eigenvalue weighted by Crippen LogP contribution is 2.24. The summed E-state index contributed by atoms with van der Waals surface area (Å²) in [6.07, 6.45) is 4.63. The van der Waals surface area contributed by atoms with Gasteiger partial charge in [0, 0.05) is 20.6 Å². The molecule has 5 nitrogen and oxygen atoms in total. The minimum absolute atomic E-state index is 0.257. The van der Waals surface area contributed by atoms with Gasteiger partial charge in [0.1, 0.15) is 0 Å². The van der Waals surface area contributed by atoms with Crippen LogP contribution in [-0.4, -0.2) is 33.4 Å². The van der Waals surface area contributed by atoms with E-state index in [4.69, 9.17) is 5.73 Å². The molecular weight excluding hydrogens is 274 g/mol. The van der Waals surface area contributed by atoms with E-state index >= 15 is 0 Å². The molecule has 0 aliphatic heterocycles. The first-order valence-electron chi connectivity index (χ1n) is 6.95. The minimum Gasteiger partial charge on any atom is -0.397 e. The maximum atomic E-state index is 12.1. The molecule has 0 fully saturated rings. The van der Waals surface area contributed by atoms with Gasteiger partial charge in [0.25, 0.3) is 0 Å². The van der Waals surface area contributed by atoms with E-state index in [-0.39, 0.29) is 4.90 Å². The lowest BCUT2D eigenvalue weighted by Gasteiger charge is -2.14. The predicted molar refractivity (Wildman–Crippen MR) is 84.4 cm³/mol. The standard InChI is InChI=1S/C14H25N3O2S/c1-4-5-6-7-10-16-14-11-12(8-9-13(14)15)20(18,19)17(2)3/h8-9,11,16H,4-7,10,15H2,1-3H3. The van der Waals surface area contributed by atoms with Crippen molar-refractivity contribution in [1.29, 1.82) is 0 Å². The summed E-state index contributed by atoms with van der Waals surface area (Å²) >= 11 is 0. The highest BCUT2D eigenvalue weighted by Gasteiger charge is 2.18. The zero-order valence-corrected chi connectivity index (χ0v) is 13.3. The van der Waals surface area contributed by atoms with Crippen molar-refractivity contribution in [3.63, 3.8) is 0 Å². The van der Waals surface area contributed by atoms with Crippen LogP contribution < -0.4 is 11.1 Å². The molecule has 0 bridgehead atoms. The Labute approximate surface area is 122 Å². The highest BCUT2D eigenvalue weighted by atomic mass is 32.2. The molecule has 0 saturated heterocycles. The number of nitrogens with two attached hydrogens (primary N) is 1. The van der Waals surface area contributed by atoms with Crippen molar-refractivity contribution in [1.82, 2.24) is 4.31 Å². The van der Waals surface area contributed by atoms with E-state index in [9.17, 15) is 8.42 Å². The number of nitrogen functional groups attached to an aromatic ring is 1. The molecule has 0 amide bonds. The van der Waals surface area contributed by atoms with Crippen LogP contribution in [0.1, 0.15) is 32.6 Å². The third-order valence-corrected chi connectivity index (χ3v) is 4.96. The number of benzene rings is 1. The summed E-state index contributed by atoms with van der Waals surface area (Å²) in [5.74, 6) is 0. The largest absolute Gasteiger partial charge is 0.397 e. The molecule has 0 aliphatic carbocycles. The minimum atomic E-state index is -3.42. The zero-order chi connectivity index (χ0) is 15.2. The molecule has 20 heavy (non-hydrogen) atoms. The fourth-order valence-electron chi connectivity index (χ4n) is 1.83. The van der Waals surface area contributed by atoms with Crippen LogP contribution in [0.15, 0.2) is 23.1 Å². The van der Waals surface area contributed by atoms with Crippen LogP contribution >= 0.6 is 0 Å². The molecule has 0 unspecified atom stereocenters. The van der Waals surface area contributed by atoms with E-state index < -0.39 is 10.0 Å². The van der Waals surface area contributed by atoms with E-state index in [2.05, 4.69) is 12.2 Å². The lowest BCUT2D eigenvalue weighted by molar-refractivity contribution is 0.521. The summed E-state index contributed by atoms with van der Waals surface area (Å²) in [5.41, 5.74) is 7.13. The second-order valence-electron chi connectivity index (χ2n) is 5.02. The third-order valence-electron chi connectivity index (χ3n) is 3.15. The fourth-order valence-corrected chi connectivity index (χ4v) is 2.76. The van der Waals surface area contributed by atoms with Gasteiger partial charge in [-0.05, 0) is 24.6 Å². The smallest absolute Gasteiger partial charge is 0.242 e. The second-order valence-corrected chi connectivity index (χ2v) is 7.18. The van der Waals surface area contributed by atoms with Crippen molar-refractivity contribution in [3.05, 3.63) is 18.2 Å². The summed E-state index contributed by atoms with van der Waals surface area (Å²) in [6.45, 7) is 2.97. The molecule has 3 N–H and O–H groups in total. The van der Waals surface area contributed by atoms with Gasteiger partial charge >= 0.3 is 0 Å². The summed E-state index contributed by atoms with van der Waals surface area (Å²) in [6, 6.07) is 4.77. The number of hydrogen-bond donors (Lipinski definition) is 2. The van der Waals surface area contributed by atoms with Gasteiger partial charge in [-0.3, -0.25) is 0 Å². The molecule has 1 aromatic rings. The van der Waals surface area contributed by atoms with Gasteiger partial charge in [-0.15, -0.1) is 0 Å². The van der Waals surface area contributed by atoms with Crippen molar-refractivity contribution in [2.45, 2.75) is 37.5 Å². The first kappa shape index (κ1) is 16.8. The Kier molecular flexibility index (Phi) is 6.29. The van der Waals surface area contributed by atoms with Crippen molar-refractivity contribution in [2.24, 2.45) is 0 Å². The van der Waals surface area contributed by atoms with Crippen molar-refractivity contribution in [2.75, 3.05) is 31.7 Å². The number of unbranched alkanes of at least 4 members (excludes halogenated alkanes) is 3. The summed E-state index contributed by atoms with van der Waals surface area (Å²) in [7, 11) is -0.383. The molecule has 1 aromatic carbocycles. The van der Waals surface area contributed by atoms with Crippen molar-refractivity contribution in [3.8, 4) is 0 Å². The lowest BCUT2D eigenvalue weighted by Crippen LogP contribution is -2.22. The van der Waals surface area contributed by atoms with Gasteiger partial charge in [0.05, 0.1) is 16.3 Å². The van der Waals surface area contributed by atoms with Crippen LogP contribution in [-0.2, 0) is 10.0 Å². The van der Waals surface area contributed by atoms with E-state index in [1.807, 2.05) is 0 Å². The summed E-state index contributed by atoms with van der Waals surface area (Å²) in [4.78, 5) is 0.257. The fraction of sp³-hybridized carbons (Fsp3) is 0.571. The molecule has 0 heterocycles. The van der Waals surface area contributed by atoms with Gasteiger partial charge in [-0.1, -0.05) is 26.2 Å². The molecule has 0 spiro atoms. The molecule has 0 aromatic heterocycles. The summed E-state index contributed by atoms with van der Waals surface area (Å²) in [5, 5.41) is 3.22. The molecule has 0 atom stereocenters. The van der Waals surface area contributed by atoms with Crippen LogP contribution in [0.5, 0.6) is 0 Å². The molecule has 114 valence electrons. The zero-order valence-electron chi connectivity index (χ0n) is 12.5. The SMILES string of the molecule is CCCCCCNc1cc(S(=O)(=O)N(C)C)ccc1N. The van der Waals surface area contributed by atoms with Gasteiger partial charge in [-0.2, -0.15) is 0 Å². The Morgan fingerprint density at radius 3 is 2.50 bits per heavy atom. The number of nitrogens with zero attached hydrogens (tertiary/aromatic N) is 1. The van der Waals surface area contributed by atoms with E-state index in [0.717, 1.165) is 13.0 Å². The average Bonchev–Trinajstić information content (AvgIpc) is 2.40. The lowest BCUT2D eigenvalue weighted by atomic mass is 10.2. The number of nitrogens with one attached hydrogen (secondary N) is 1. The predicted octanol–water partition coefficient (Wildman–Crippen LogP) is 2.51. The Balaban J connectivity index is 2.77. The topological polar surface area (TPSA) is 75.4 Å². The van der Waals surface area contributed by atoms with Crippen LogP contribution in [0.3, 0.4) is 0 Å². The van der Waals surface area contributed by atoms with Crippen LogP contribution in [0.2, 0.25) is 0 Å². The normalized spacial score (nSPS) is 11.8. The molecular formula is C14H25N3O2S. The molecule has 6 heteroatoms. The molecule has 1 rings (SSSR count). The number of anilines is 2. The third kappa shape index (κ3) is 4.38. The molecule has 0 radical (unpaired) electrons. The van der Waals surface area contributed by atoms with Crippen LogP contribution in [0, 0.1) is 0 Å². The quantitative estimate of drug-likeness (QED) is 0.571. The maximum Gasteiger partial charge on any atom is 0.242 e. The van der Waals surface area contributed by atoms with E-state index in [1.54, 1.807) is 12.1 Å². The monoisotopic (exact) mass is 299 g/mol. The second kappa shape index (κ2) is 7.50. The van der Waals surface area contributed by atoms with Gasteiger partial charge in [-0.25, -0.2) is 12.7 Å². The molecule has 0 saturated carbocycles. The number of rotatable bonds is 8. The number of hydrogen-bond acceptors (Lipinski definition) is 4. The Bertz CT molecular complexity index is 527. The first-order valence-corrected chi connectivity index (χ1v) is 8.39. The van der Waals surface area contributed by atoms with Crippen LogP contribution in [0.4, 0.5) is 11.4 Å². The molecule has 0 aliphatic rings. The Morgan fingerprint density at radius 1 is 1.20 bits per heavy atom.